The first kappa shape index (κ1) is 13.6. The van der Waals surface area contributed by atoms with Crippen LogP contribution < -0.4 is 10.6 Å². The van der Waals surface area contributed by atoms with Crippen LogP contribution in [0.25, 0.3) is 0 Å². The zero-order valence-electron chi connectivity index (χ0n) is 10.1. The number of hydrogen-bond acceptors (Lipinski definition) is 4. The van der Waals surface area contributed by atoms with Crippen molar-refractivity contribution in [2.24, 2.45) is 0 Å². The number of piperidine rings is 1. The Bertz CT molecular complexity index is 487. The van der Waals surface area contributed by atoms with E-state index in [0.717, 1.165) is 32.0 Å². The second-order valence-electron chi connectivity index (χ2n) is 4.37. The molecule has 0 spiro atoms. The summed E-state index contributed by atoms with van der Waals surface area (Å²) in [4.78, 5) is 3.53. The topological polar surface area (TPSA) is 60.7 Å². The zero-order valence-corrected chi connectivity index (χ0v) is 10.1. The molecule has 0 aliphatic carbocycles. The highest BCUT2D eigenvalue weighted by Gasteiger charge is 2.36. The van der Waals surface area contributed by atoms with E-state index in [1.807, 2.05) is 0 Å². The van der Waals surface area contributed by atoms with Gasteiger partial charge in [-0.1, -0.05) is 0 Å². The molecule has 1 aliphatic heterocycles. The third kappa shape index (κ3) is 3.35. The van der Waals surface area contributed by atoms with E-state index in [2.05, 4.69) is 15.6 Å². The highest BCUT2D eigenvalue weighted by Crippen LogP contribution is 2.31. The Labute approximate surface area is 108 Å². The minimum Gasteiger partial charge on any atom is -0.367 e. The van der Waals surface area contributed by atoms with Crippen LogP contribution in [-0.2, 0) is 6.18 Å². The van der Waals surface area contributed by atoms with Crippen LogP contribution in [-0.4, -0.2) is 24.1 Å². The number of anilines is 1. The summed E-state index contributed by atoms with van der Waals surface area (Å²) in [7, 11) is 0. The molecule has 1 aliphatic rings. The van der Waals surface area contributed by atoms with E-state index >= 15 is 0 Å². The number of nitrogens with zero attached hydrogens (tertiary/aromatic N) is 2. The van der Waals surface area contributed by atoms with Crippen LogP contribution in [0.15, 0.2) is 12.1 Å². The summed E-state index contributed by atoms with van der Waals surface area (Å²) in [5.74, 6) is 0.165. The van der Waals surface area contributed by atoms with Gasteiger partial charge in [-0.05, 0) is 38.1 Å². The van der Waals surface area contributed by atoms with E-state index < -0.39 is 17.4 Å². The van der Waals surface area contributed by atoms with Gasteiger partial charge >= 0.3 is 6.18 Å². The van der Waals surface area contributed by atoms with Crippen molar-refractivity contribution < 1.29 is 13.2 Å². The molecule has 1 aromatic rings. The predicted molar refractivity (Wildman–Crippen MR) is 63.5 cm³/mol. The smallest absolute Gasteiger partial charge is 0.367 e. The average molecular weight is 270 g/mol. The van der Waals surface area contributed by atoms with Gasteiger partial charge in [0.2, 0.25) is 0 Å². The van der Waals surface area contributed by atoms with Gasteiger partial charge in [-0.3, -0.25) is 0 Å². The van der Waals surface area contributed by atoms with Gasteiger partial charge in [-0.25, -0.2) is 4.98 Å². The fourth-order valence-electron chi connectivity index (χ4n) is 2.02. The van der Waals surface area contributed by atoms with E-state index in [1.54, 1.807) is 0 Å². The first-order valence-electron chi connectivity index (χ1n) is 5.96. The molecular formula is C12H13F3N4. The van der Waals surface area contributed by atoms with E-state index in [9.17, 15) is 13.2 Å². The monoisotopic (exact) mass is 270 g/mol. The van der Waals surface area contributed by atoms with Crippen molar-refractivity contribution >= 4 is 5.82 Å². The summed E-state index contributed by atoms with van der Waals surface area (Å²) < 4.78 is 38.2. The highest BCUT2D eigenvalue weighted by atomic mass is 19.4. The Morgan fingerprint density at radius 2 is 2.00 bits per heavy atom. The number of alkyl halides is 3. The minimum atomic E-state index is -4.61. The van der Waals surface area contributed by atoms with E-state index in [1.165, 1.54) is 12.1 Å². The van der Waals surface area contributed by atoms with Gasteiger partial charge in [0, 0.05) is 6.04 Å². The maximum absolute atomic E-state index is 12.7. The van der Waals surface area contributed by atoms with Crippen LogP contribution in [0.5, 0.6) is 0 Å². The molecule has 4 nitrogen and oxygen atoms in total. The number of nitrogens with one attached hydrogen (secondary N) is 2. The Kier molecular flexibility index (Phi) is 3.90. The van der Waals surface area contributed by atoms with Crippen molar-refractivity contribution in [1.29, 1.82) is 5.26 Å². The standard InChI is InChI=1S/C12H13F3N4/c13-12(14,15)11-8(7-16)1-2-10(19-11)18-9-3-5-17-6-4-9/h1-2,9,17H,3-6H2,(H,18,19). The fourth-order valence-corrected chi connectivity index (χ4v) is 2.02. The molecule has 0 unspecified atom stereocenters. The van der Waals surface area contributed by atoms with E-state index in [-0.39, 0.29) is 11.9 Å². The molecule has 0 atom stereocenters. The summed E-state index contributed by atoms with van der Waals surface area (Å²) in [5.41, 5.74) is -1.59. The van der Waals surface area contributed by atoms with Crippen LogP contribution in [0.2, 0.25) is 0 Å². The SMILES string of the molecule is N#Cc1ccc(NC2CCNCC2)nc1C(F)(F)F. The Hall–Kier alpha value is -1.81. The molecule has 0 radical (unpaired) electrons. The summed E-state index contributed by atoms with van der Waals surface area (Å²) in [6, 6.07) is 4.19. The molecule has 0 amide bonds. The second kappa shape index (κ2) is 5.45. The lowest BCUT2D eigenvalue weighted by molar-refractivity contribution is -0.141. The molecule has 1 fully saturated rings. The molecule has 1 aromatic heterocycles. The Morgan fingerprint density at radius 3 is 2.58 bits per heavy atom. The summed E-state index contributed by atoms with van der Waals surface area (Å²) in [6.07, 6.45) is -2.94. The molecule has 1 saturated heterocycles. The number of hydrogen-bond donors (Lipinski definition) is 2. The van der Waals surface area contributed by atoms with Crippen molar-refractivity contribution in [3.05, 3.63) is 23.4 Å². The first-order chi connectivity index (χ1) is 9.00. The number of aromatic nitrogens is 1. The molecule has 0 bridgehead atoms. The third-order valence-corrected chi connectivity index (χ3v) is 2.98. The van der Waals surface area contributed by atoms with Gasteiger partial charge in [0.15, 0.2) is 5.69 Å². The molecule has 2 rings (SSSR count). The van der Waals surface area contributed by atoms with Crippen LogP contribution in [0.3, 0.4) is 0 Å². The minimum absolute atomic E-state index is 0.114. The van der Waals surface area contributed by atoms with E-state index in [0.29, 0.717) is 0 Å². The fraction of sp³-hybridized carbons (Fsp3) is 0.500. The number of pyridine rings is 1. The maximum Gasteiger partial charge on any atom is 0.434 e. The number of halogens is 3. The average Bonchev–Trinajstić information content (AvgIpc) is 2.39. The van der Waals surface area contributed by atoms with Crippen molar-refractivity contribution in [1.82, 2.24) is 10.3 Å². The van der Waals surface area contributed by atoms with Crippen LogP contribution in [0.1, 0.15) is 24.1 Å². The second-order valence-corrected chi connectivity index (χ2v) is 4.37. The summed E-state index contributed by atoms with van der Waals surface area (Å²) >= 11 is 0. The van der Waals surface area contributed by atoms with Gasteiger partial charge in [0.05, 0.1) is 5.56 Å². The molecule has 0 saturated carbocycles. The van der Waals surface area contributed by atoms with Crippen LogP contribution in [0, 0.1) is 11.3 Å². The normalized spacial score (nSPS) is 16.9. The van der Waals surface area contributed by atoms with Gasteiger partial charge in [-0.2, -0.15) is 18.4 Å². The van der Waals surface area contributed by atoms with Crippen molar-refractivity contribution in [2.75, 3.05) is 18.4 Å². The first-order valence-corrected chi connectivity index (χ1v) is 5.96. The van der Waals surface area contributed by atoms with Gasteiger partial charge in [-0.15, -0.1) is 0 Å². The lowest BCUT2D eigenvalue weighted by Crippen LogP contribution is -2.35. The van der Waals surface area contributed by atoms with Crippen LogP contribution >= 0.6 is 0 Å². The van der Waals surface area contributed by atoms with Gasteiger partial charge in [0.1, 0.15) is 11.9 Å². The number of nitriles is 1. The molecule has 7 heteroatoms. The largest absolute Gasteiger partial charge is 0.434 e. The summed E-state index contributed by atoms with van der Waals surface area (Å²) in [5, 5.41) is 14.8. The Morgan fingerprint density at radius 1 is 1.32 bits per heavy atom. The van der Waals surface area contributed by atoms with Crippen LogP contribution in [0.4, 0.5) is 19.0 Å². The quantitative estimate of drug-likeness (QED) is 0.864. The Balaban J connectivity index is 2.20. The van der Waals surface area contributed by atoms with Crippen molar-refractivity contribution in [3.8, 4) is 6.07 Å². The molecule has 0 aromatic carbocycles. The molecular weight excluding hydrogens is 257 g/mol. The van der Waals surface area contributed by atoms with Gasteiger partial charge in [0.25, 0.3) is 0 Å². The number of rotatable bonds is 2. The zero-order chi connectivity index (χ0) is 13.9. The molecule has 102 valence electrons. The van der Waals surface area contributed by atoms with Crippen molar-refractivity contribution in [2.45, 2.75) is 25.1 Å². The predicted octanol–water partition coefficient (Wildman–Crippen LogP) is 2.14. The molecule has 19 heavy (non-hydrogen) atoms. The van der Waals surface area contributed by atoms with Gasteiger partial charge < -0.3 is 10.6 Å². The maximum atomic E-state index is 12.7. The molecule has 2 N–H and O–H groups in total. The lowest BCUT2D eigenvalue weighted by atomic mass is 10.1. The van der Waals surface area contributed by atoms with Crippen molar-refractivity contribution in [3.63, 3.8) is 0 Å². The highest BCUT2D eigenvalue weighted by molar-refractivity contribution is 5.45. The third-order valence-electron chi connectivity index (χ3n) is 2.98. The lowest BCUT2D eigenvalue weighted by Gasteiger charge is -2.24. The van der Waals surface area contributed by atoms with E-state index in [4.69, 9.17) is 5.26 Å². The molecule has 2 heterocycles. The summed E-state index contributed by atoms with van der Waals surface area (Å²) in [6.45, 7) is 1.67.